The van der Waals surface area contributed by atoms with Crippen LogP contribution in [0.5, 0.6) is 0 Å². The molecule has 5 nitrogen and oxygen atoms in total. The van der Waals surface area contributed by atoms with Crippen LogP contribution in [0, 0.1) is 0 Å². The van der Waals surface area contributed by atoms with Gasteiger partial charge in [-0.3, -0.25) is 4.79 Å². The van der Waals surface area contributed by atoms with Crippen LogP contribution in [0.15, 0.2) is 30.5 Å². The molecule has 1 aromatic carbocycles. The molecule has 1 aliphatic heterocycles. The molecule has 1 N–H and O–H groups in total. The smallest absolute Gasteiger partial charge is 0.341 e. The maximum atomic E-state index is 12.5. The molecule has 0 radical (unpaired) electrons. The predicted octanol–water partition coefficient (Wildman–Crippen LogP) is 3.12. The highest BCUT2D eigenvalue weighted by Crippen LogP contribution is 2.19. The Balaban J connectivity index is 1.68. The third kappa shape index (κ3) is 3.38. The fourth-order valence-electron chi connectivity index (χ4n) is 3.06. The first kappa shape index (κ1) is 15.6. The number of rotatable bonds is 3. The molecule has 2 aromatic rings. The fourth-order valence-corrected chi connectivity index (χ4v) is 3.06. The summed E-state index contributed by atoms with van der Waals surface area (Å²) in [6.07, 6.45) is 5.25. The van der Waals surface area contributed by atoms with E-state index in [-0.39, 0.29) is 5.91 Å². The van der Waals surface area contributed by atoms with E-state index in [1.165, 1.54) is 0 Å². The van der Waals surface area contributed by atoms with E-state index in [9.17, 15) is 9.59 Å². The predicted molar refractivity (Wildman–Crippen MR) is 88.2 cm³/mol. The van der Waals surface area contributed by atoms with Gasteiger partial charge in [0, 0.05) is 30.2 Å². The molecule has 1 fully saturated rings. The molecule has 1 saturated heterocycles. The number of esters is 1. The van der Waals surface area contributed by atoms with Gasteiger partial charge in [-0.05, 0) is 25.8 Å². The van der Waals surface area contributed by atoms with Crippen molar-refractivity contribution >= 4 is 22.8 Å². The summed E-state index contributed by atoms with van der Waals surface area (Å²) >= 11 is 0. The number of para-hydroxylation sites is 1. The fraction of sp³-hybridized carbons (Fsp3) is 0.444. The lowest BCUT2D eigenvalue weighted by Gasteiger charge is -2.23. The minimum atomic E-state index is -0.755. The Morgan fingerprint density at radius 3 is 2.57 bits per heavy atom. The summed E-state index contributed by atoms with van der Waals surface area (Å²) in [6, 6.07) is 7.54. The number of likely N-dealkylation sites (tertiary alicyclic amines) is 1. The number of benzene rings is 1. The molecule has 1 amide bonds. The second kappa shape index (κ2) is 6.86. The molecule has 0 spiro atoms. The van der Waals surface area contributed by atoms with Crippen LogP contribution in [0.4, 0.5) is 0 Å². The van der Waals surface area contributed by atoms with Crippen molar-refractivity contribution in [1.82, 2.24) is 9.88 Å². The van der Waals surface area contributed by atoms with Crippen LogP contribution in [-0.2, 0) is 9.53 Å². The zero-order valence-electron chi connectivity index (χ0n) is 13.4. The highest BCUT2D eigenvalue weighted by Gasteiger charge is 2.25. The summed E-state index contributed by atoms with van der Waals surface area (Å²) in [7, 11) is 0. The number of aromatic amines is 1. The summed E-state index contributed by atoms with van der Waals surface area (Å²) in [6.45, 7) is 3.17. The quantitative estimate of drug-likeness (QED) is 0.885. The second-order valence-electron chi connectivity index (χ2n) is 6.03. The Morgan fingerprint density at radius 1 is 1.13 bits per heavy atom. The second-order valence-corrected chi connectivity index (χ2v) is 6.03. The van der Waals surface area contributed by atoms with Gasteiger partial charge in [-0.15, -0.1) is 0 Å². The molecule has 1 atom stereocenters. The molecule has 0 saturated carbocycles. The van der Waals surface area contributed by atoms with Crippen LogP contribution in [0.25, 0.3) is 10.9 Å². The lowest BCUT2D eigenvalue weighted by molar-refractivity contribution is -0.139. The van der Waals surface area contributed by atoms with Crippen molar-refractivity contribution in [3.8, 4) is 0 Å². The monoisotopic (exact) mass is 314 g/mol. The number of hydrogen-bond acceptors (Lipinski definition) is 3. The van der Waals surface area contributed by atoms with E-state index >= 15 is 0 Å². The maximum Gasteiger partial charge on any atom is 0.341 e. The van der Waals surface area contributed by atoms with Crippen LogP contribution >= 0.6 is 0 Å². The molecule has 0 unspecified atom stereocenters. The van der Waals surface area contributed by atoms with Gasteiger partial charge in [0.15, 0.2) is 6.10 Å². The summed E-state index contributed by atoms with van der Waals surface area (Å²) in [5, 5.41) is 0.812. The zero-order valence-corrected chi connectivity index (χ0v) is 13.4. The highest BCUT2D eigenvalue weighted by atomic mass is 16.5. The van der Waals surface area contributed by atoms with Crippen molar-refractivity contribution < 1.29 is 14.3 Å². The number of aromatic nitrogens is 1. The normalized spacial score (nSPS) is 16.8. The Kier molecular flexibility index (Phi) is 4.65. The van der Waals surface area contributed by atoms with E-state index in [1.54, 1.807) is 13.1 Å². The molecule has 3 rings (SSSR count). The number of carbonyl (C=O) groups excluding carboxylic acids is 2. The van der Waals surface area contributed by atoms with Gasteiger partial charge < -0.3 is 14.6 Å². The minimum Gasteiger partial charge on any atom is -0.449 e. The third-order valence-corrected chi connectivity index (χ3v) is 4.36. The van der Waals surface area contributed by atoms with Crippen LogP contribution in [0.2, 0.25) is 0 Å². The molecule has 1 aliphatic rings. The van der Waals surface area contributed by atoms with E-state index in [0.717, 1.165) is 49.7 Å². The van der Waals surface area contributed by atoms with E-state index < -0.39 is 12.1 Å². The molecule has 122 valence electrons. The first-order valence-electron chi connectivity index (χ1n) is 8.22. The summed E-state index contributed by atoms with van der Waals surface area (Å²) in [4.78, 5) is 29.7. The van der Waals surface area contributed by atoms with E-state index in [2.05, 4.69) is 4.98 Å². The van der Waals surface area contributed by atoms with E-state index in [0.29, 0.717) is 5.56 Å². The van der Waals surface area contributed by atoms with Crippen molar-refractivity contribution in [1.29, 1.82) is 0 Å². The SMILES string of the molecule is C[C@H](OC(=O)c1c[nH]c2ccccc12)C(=O)N1CCCCCC1. The average molecular weight is 314 g/mol. The van der Waals surface area contributed by atoms with Crippen molar-refractivity contribution in [2.75, 3.05) is 13.1 Å². The number of ether oxygens (including phenoxy) is 1. The Hall–Kier alpha value is -2.30. The van der Waals surface area contributed by atoms with Gasteiger partial charge in [0.2, 0.25) is 0 Å². The van der Waals surface area contributed by atoms with Gasteiger partial charge in [0.1, 0.15) is 0 Å². The lowest BCUT2D eigenvalue weighted by atomic mass is 10.2. The van der Waals surface area contributed by atoms with Crippen molar-refractivity contribution in [3.05, 3.63) is 36.0 Å². The first-order chi connectivity index (χ1) is 11.2. The van der Waals surface area contributed by atoms with Crippen molar-refractivity contribution in [2.45, 2.75) is 38.7 Å². The van der Waals surface area contributed by atoms with Gasteiger partial charge in [-0.2, -0.15) is 0 Å². The Bertz CT molecular complexity index is 699. The zero-order chi connectivity index (χ0) is 16.2. The lowest BCUT2D eigenvalue weighted by Crippen LogP contribution is -2.40. The molecule has 2 heterocycles. The molecular formula is C18H22N2O3. The van der Waals surface area contributed by atoms with Gasteiger partial charge in [-0.25, -0.2) is 4.79 Å². The van der Waals surface area contributed by atoms with Gasteiger partial charge in [0.25, 0.3) is 5.91 Å². The highest BCUT2D eigenvalue weighted by molar-refractivity contribution is 6.04. The number of carbonyl (C=O) groups is 2. The molecule has 5 heteroatoms. The van der Waals surface area contributed by atoms with Gasteiger partial charge >= 0.3 is 5.97 Å². The van der Waals surface area contributed by atoms with Gasteiger partial charge in [-0.1, -0.05) is 31.0 Å². The summed E-state index contributed by atoms with van der Waals surface area (Å²) in [5.41, 5.74) is 1.35. The number of H-pyrrole nitrogens is 1. The van der Waals surface area contributed by atoms with Crippen LogP contribution in [-0.4, -0.2) is 41.0 Å². The minimum absolute atomic E-state index is 0.0971. The van der Waals surface area contributed by atoms with E-state index in [1.807, 2.05) is 29.2 Å². The summed E-state index contributed by atoms with van der Waals surface area (Å²) < 4.78 is 5.41. The maximum absolute atomic E-state index is 12.5. The topological polar surface area (TPSA) is 62.4 Å². The third-order valence-electron chi connectivity index (χ3n) is 4.36. The van der Waals surface area contributed by atoms with E-state index in [4.69, 9.17) is 4.74 Å². The van der Waals surface area contributed by atoms with Crippen LogP contribution in [0.3, 0.4) is 0 Å². The number of nitrogens with zero attached hydrogens (tertiary/aromatic N) is 1. The van der Waals surface area contributed by atoms with Crippen molar-refractivity contribution in [2.24, 2.45) is 0 Å². The Morgan fingerprint density at radius 2 is 1.83 bits per heavy atom. The standard InChI is InChI=1S/C18H22N2O3/c1-13(17(21)20-10-6-2-3-7-11-20)23-18(22)15-12-19-16-9-5-4-8-14(15)16/h4-5,8-9,12-13,19H,2-3,6-7,10-11H2,1H3/t13-/m0/s1. The molecule has 1 aromatic heterocycles. The number of amides is 1. The number of nitrogens with one attached hydrogen (secondary N) is 1. The molecule has 0 bridgehead atoms. The molecular weight excluding hydrogens is 292 g/mol. The number of hydrogen-bond donors (Lipinski definition) is 1. The van der Waals surface area contributed by atoms with Gasteiger partial charge in [0.05, 0.1) is 5.56 Å². The molecule has 23 heavy (non-hydrogen) atoms. The van der Waals surface area contributed by atoms with Crippen LogP contribution in [0.1, 0.15) is 43.0 Å². The Labute approximate surface area is 135 Å². The summed E-state index contributed by atoms with van der Waals surface area (Å²) in [5.74, 6) is -0.557. The largest absolute Gasteiger partial charge is 0.449 e. The van der Waals surface area contributed by atoms with Crippen LogP contribution < -0.4 is 0 Å². The molecule has 0 aliphatic carbocycles. The number of fused-ring (bicyclic) bond motifs is 1. The average Bonchev–Trinajstić information content (AvgIpc) is 2.80. The first-order valence-corrected chi connectivity index (χ1v) is 8.22. The van der Waals surface area contributed by atoms with Crippen molar-refractivity contribution in [3.63, 3.8) is 0 Å².